The molecule has 35 heavy (non-hydrogen) atoms. The predicted molar refractivity (Wildman–Crippen MR) is 130 cm³/mol. The molecule has 1 atom stereocenters. The predicted octanol–water partition coefficient (Wildman–Crippen LogP) is 5.97. The Morgan fingerprint density at radius 1 is 0.971 bits per heavy atom. The largest absolute Gasteiger partial charge is 0.494 e. The fraction of sp³-hybridized carbons (Fsp3) is 0.423. The molecule has 4 rings (SSSR count). The first-order chi connectivity index (χ1) is 16.4. The van der Waals surface area contributed by atoms with E-state index >= 15 is 0 Å². The average molecular weight is 482 g/mol. The van der Waals surface area contributed by atoms with E-state index < -0.39 is 23.4 Å². The van der Waals surface area contributed by atoms with Crippen LogP contribution in [0.2, 0.25) is 0 Å². The lowest BCUT2D eigenvalue weighted by molar-refractivity contribution is 0.0326. The van der Waals surface area contributed by atoms with Crippen LogP contribution in [0.15, 0.2) is 49.1 Å². The van der Waals surface area contributed by atoms with Gasteiger partial charge in [0.1, 0.15) is 36.2 Å². The van der Waals surface area contributed by atoms with Crippen LogP contribution in [0.1, 0.15) is 58.8 Å². The molecule has 0 fully saturated rings. The number of fused-ring (bicyclic) bond motifs is 2. The van der Waals surface area contributed by atoms with Crippen LogP contribution in [0.5, 0.6) is 0 Å². The minimum atomic E-state index is -0.733. The van der Waals surface area contributed by atoms with E-state index in [-0.39, 0.29) is 12.6 Å². The van der Waals surface area contributed by atoms with E-state index in [1.807, 2.05) is 39.0 Å². The summed E-state index contributed by atoms with van der Waals surface area (Å²) in [4.78, 5) is 34.3. The van der Waals surface area contributed by atoms with Gasteiger partial charge in [0.15, 0.2) is 6.10 Å². The highest BCUT2D eigenvalue weighted by molar-refractivity contribution is 6.04. The summed E-state index contributed by atoms with van der Waals surface area (Å²) in [5.41, 5.74) is 0.918. The Kier molecular flexibility index (Phi) is 6.36. The van der Waals surface area contributed by atoms with Crippen molar-refractivity contribution in [2.24, 2.45) is 0 Å². The average Bonchev–Trinajstić information content (AvgIpc) is 2.91. The van der Waals surface area contributed by atoms with Crippen LogP contribution in [0.4, 0.5) is 26.8 Å². The van der Waals surface area contributed by atoms with E-state index in [1.54, 1.807) is 39.1 Å². The number of benzene rings is 1. The zero-order valence-corrected chi connectivity index (χ0v) is 20.9. The third kappa shape index (κ3) is 5.50. The minimum Gasteiger partial charge on any atom is -0.494 e. The van der Waals surface area contributed by atoms with E-state index in [2.05, 4.69) is 4.98 Å². The summed E-state index contributed by atoms with van der Waals surface area (Å²) in [5.74, 6) is 0.391. The first-order valence-electron chi connectivity index (χ1n) is 11.5. The molecule has 0 saturated heterocycles. The second kappa shape index (κ2) is 9.13. The van der Waals surface area contributed by atoms with Crippen LogP contribution in [0.3, 0.4) is 0 Å². The quantitative estimate of drug-likeness (QED) is 0.496. The smallest absolute Gasteiger partial charge is 0.420 e. The monoisotopic (exact) mass is 481 g/mol. The molecule has 9 heteroatoms. The van der Waals surface area contributed by atoms with E-state index in [1.165, 1.54) is 22.3 Å². The van der Waals surface area contributed by atoms with Crippen LogP contribution < -0.4 is 9.80 Å². The number of pyridine rings is 1. The lowest BCUT2D eigenvalue weighted by atomic mass is 10.1. The molecule has 3 heterocycles. The fourth-order valence-electron chi connectivity index (χ4n) is 3.77. The summed E-state index contributed by atoms with van der Waals surface area (Å²) in [5, 5.41) is 0. The van der Waals surface area contributed by atoms with Gasteiger partial charge in [0.05, 0.1) is 17.9 Å². The third-order valence-corrected chi connectivity index (χ3v) is 5.14. The van der Waals surface area contributed by atoms with Gasteiger partial charge >= 0.3 is 12.2 Å². The van der Waals surface area contributed by atoms with Gasteiger partial charge in [0, 0.05) is 11.8 Å². The van der Waals surface area contributed by atoms with Crippen molar-refractivity contribution in [3.63, 3.8) is 0 Å². The highest BCUT2D eigenvalue weighted by atomic mass is 16.6. The first kappa shape index (κ1) is 24.4. The molecule has 2 aromatic rings. The van der Waals surface area contributed by atoms with Crippen LogP contribution in [0, 0.1) is 0 Å². The number of rotatable bonds is 1. The Morgan fingerprint density at radius 3 is 2.34 bits per heavy atom. The molecular weight excluding hydrogens is 450 g/mol. The Balaban J connectivity index is 1.88. The highest BCUT2D eigenvalue weighted by Crippen LogP contribution is 2.43. The molecular formula is C26H31N3O6. The van der Waals surface area contributed by atoms with Gasteiger partial charge < -0.3 is 18.9 Å². The number of amides is 2. The molecule has 2 aliphatic heterocycles. The molecule has 0 bridgehead atoms. The summed E-state index contributed by atoms with van der Waals surface area (Å²) in [6, 6.07) is 9.00. The van der Waals surface area contributed by atoms with E-state index in [9.17, 15) is 9.59 Å². The number of carbonyl (C=O) groups excluding carboxylic acids is 2. The molecule has 0 spiro atoms. The molecule has 0 saturated carbocycles. The van der Waals surface area contributed by atoms with Crippen LogP contribution in [0.25, 0.3) is 0 Å². The van der Waals surface area contributed by atoms with Crippen molar-refractivity contribution < 1.29 is 28.5 Å². The van der Waals surface area contributed by atoms with Gasteiger partial charge in [-0.25, -0.2) is 19.5 Å². The van der Waals surface area contributed by atoms with E-state index in [0.29, 0.717) is 29.4 Å². The molecule has 0 radical (unpaired) electrons. The Labute approximate surface area is 205 Å². The summed E-state index contributed by atoms with van der Waals surface area (Å²) in [6.07, 6.45) is 3.06. The Morgan fingerprint density at radius 2 is 1.69 bits per heavy atom. The van der Waals surface area contributed by atoms with Gasteiger partial charge in [-0.2, -0.15) is 0 Å². The van der Waals surface area contributed by atoms with Crippen molar-refractivity contribution in [2.75, 3.05) is 16.4 Å². The summed E-state index contributed by atoms with van der Waals surface area (Å²) < 4.78 is 22.6. The lowest BCUT2D eigenvalue weighted by Crippen LogP contribution is -2.37. The molecule has 1 aromatic heterocycles. The van der Waals surface area contributed by atoms with Crippen molar-refractivity contribution in [3.8, 4) is 0 Å². The molecule has 9 nitrogen and oxygen atoms in total. The van der Waals surface area contributed by atoms with E-state index in [4.69, 9.17) is 18.9 Å². The Bertz CT molecular complexity index is 1150. The summed E-state index contributed by atoms with van der Waals surface area (Å²) in [6.45, 7) is 11.3. The maximum Gasteiger partial charge on any atom is 0.420 e. The van der Waals surface area contributed by atoms with Gasteiger partial charge in [0.25, 0.3) is 0 Å². The molecule has 1 unspecified atom stereocenters. The number of nitrogens with zero attached hydrogens (tertiary/aromatic N) is 3. The minimum absolute atomic E-state index is 0.149. The zero-order valence-electron chi connectivity index (χ0n) is 20.9. The maximum absolute atomic E-state index is 13.5. The van der Waals surface area contributed by atoms with Crippen LogP contribution in [-0.2, 0) is 25.5 Å². The molecule has 186 valence electrons. The van der Waals surface area contributed by atoms with Gasteiger partial charge in [-0.1, -0.05) is 12.1 Å². The number of ether oxygens (including phenoxy) is 4. The molecule has 1 aromatic carbocycles. The first-order valence-corrected chi connectivity index (χ1v) is 11.5. The molecule has 0 aliphatic carbocycles. The number of carbonyl (C=O) groups is 2. The highest BCUT2D eigenvalue weighted by Gasteiger charge is 2.37. The second-order valence-electron chi connectivity index (χ2n) is 10.3. The van der Waals surface area contributed by atoms with Crippen molar-refractivity contribution in [3.05, 3.63) is 60.2 Å². The molecule has 2 amide bonds. The van der Waals surface area contributed by atoms with Gasteiger partial charge in [-0.15, -0.1) is 0 Å². The number of hydrogen-bond donors (Lipinski definition) is 0. The number of aromatic nitrogens is 1. The van der Waals surface area contributed by atoms with Crippen molar-refractivity contribution >= 4 is 29.4 Å². The Hall–Kier alpha value is -3.75. The van der Waals surface area contributed by atoms with Gasteiger partial charge in [-0.05, 0) is 65.3 Å². The van der Waals surface area contributed by atoms with Crippen molar-refractivity contribution in [1.82, 2.24) is 4.98 Å². The SMILES string of the molecule is CC(C)(C)OC(=O)N1Cc2cccnc2N(C(=O)OC(C)(C)C)c2ccc(C3COC=CO3)cc21. The van der Waals surface area contributed by atoms with Crippen LogP contribution in [-0.4, -0.2) is 35.0 Å². The van der Waals surface area contributed by atoms with Crippen molar-refractivity contribution in [1.29, 1.82) is 0 Å². The zero-order chi connectivity index (χ0) is 25.4. The molecule has 2 aliphatic rings. The van der Waals surface area contributed by atoms with E-state index in [0.717, 1.165) is 5.56 Å². The second-order valence-corrected chi connectivity index (χ2v) is 10.3. The number of hydrogen-bond acceptors (Lipinski definition) is 7. The van der Waals surface area contributed by atoms with Gasteiger partial charge in [0.2, 0.25) is 0 Å². The standard InChI is InChI=1S/C26H31N3O6/c1-25(2,3)34-23(30)28-15-18-8-7-11-27-22(18)29(24(31)35-26(4,5)6)19-10-9-17(14-20(19)28)21-16-32-12-13-33-21/h7-14,21H,15-16H2,1-6H3. The molecule has 0 N–H and O–H groups in total. The van der Waals surface area contributed by atoms with Crippen LogP contribution >= 0.6 is 0 Å². The normalized spacial score (nSPS) is 17.4. The van der Waals surface area contributed by atoms with Crippen molar-refractivity contribution in [2.45, 2.75) is 65.4 Å². The topological polar surface area (TPSA) is 90.4 Å². The lowest BCUT2D eigenvalue weighted by Gasteiger charge is -2.30. The number of anilines is 3. The third-order valence-electron chi connectivity index (χ3n) is 5.14. The van der Waals surface area contributed by atoms with Gasteiger partial charge in [-0.3, -0.25) is 4.90 Å². The summed E-state index contributed by atoms with van der Waals surface area (Å²) >= 11 is 0. The summed E-state index contributed by atoms with van der Waals surface area (Å²) in [7, 11) is 0. The maximum atomic E-state index is 13.5. The fourth-order valence-corrected chi connectivity index (χ4v) is 3.77.